The van der Waals surface area contributed by atoms with Gasteiger partial charge in [-0.15, -0.1) is 0 Å². The van der Waals surface area contributed by atoms with Gasteiger partial charge in [0.15, 0.2) is 0 Å². The van der Waals surface area contributed by atoms with Crippen LogP contribution in [0.1, 0.15) is 40.0 Å². The van der Waals surface area contributed by atoms with Gasteiger partial charge in [0.1, 0.15) is 23.4 Å². The molecule has 2 aliphatic heterocycles. The lowest BCUT2D eigenvalue weighted by molar-refractivity contribution is -0.166. The average Bonchev–Trinajstić information content (AvgIpc) is 3.67. The summed E-state index contributed by atoms with van der Waals surface area (Å²) >= 11 is 0. The van der Waals surface area contributed by atoms with Crippen molar-refractivity contribution in [1.82, 2.24) is 0 Å². The van der Waals surface area contributed by atoms with E-state index in [-0.39, 0.29) is 35.4 Å². The monoisotopic (exact) mass is 458 g/mol. The fraction of sp³-hybridized carbons (Fsp3) is 0.538. The summed E-state index contributed by atoms with van der Waals surface area (Å²) < 4.78 is 23.8. The topological polar surface area (TPSA) is 97.9 Å². The first-order valence-electron chi connectivity index (χ1n) is 11.3. The molecule has 2 saturated heterocycles. The molecule has 3 aliphatic rings. The van der Waals surface area contributed by atoms with Crippen LogP contribution in [0.5, 0.6) is 0 Å². The molecule has 1 N–H and O–H groups in total. The van der Waals surface area contributed by atoms with E-state index in [1.807, 2.05) is 0 Å². The van der Waals surface area contributed by atoms with Crippen molar-refractivity contribution in [2.45, 2.75) is 69.5 Å². The Labute approximate surface area is 195 Å². The van der Waals surface area contributed by atoms with E-state index in [1.54, 1.807) is 37.5 Å². The molecule has 0 unspecified atom stereocenters. The van der Waals surface area contributed by atoms with Gasteiger partial charge in [-0.25, -0.2) is 9.59 Å². The third-order valence-electron chi connectivity index (χ3n) is 6.53. The highest BCUT2D eigenvalue weighted by atomic mass is 16.6. The molecule has 180 valence electrons. The average molecular weight is 459 g/mol. The zero-order valence-corrected chi connectivity index (χ0v) is 19.7. The molecular weight excluding hydrogens is 424 g/mol. The first kappa shape index (κ1) is 25.1. The number of hydrogen-bond donors (Lipinski definition) is 1. The molecule has 33 heavy (non-hydrogen) atoms. The second kappa shape index (κ2) is 10.6. The van der Waals surface area contributed by atoms with Crippen molar-refractivity contribution in [3.63, 3.8) is 0 Å². The van der Waals surface area contributed by atoms with Crippen LogP contribution in [0.15, 0.2) is 60.3 Å². The summed E-state index contributed by atoms with van der Waals surface area (Å²) in [4.78, 5) is 22.8. The number of carbonyl (C=O) groups is 2. The lowest BCUT2D eigenvalue weighted by Crippen LogP contribution is -2.55. The molecular formula is C26H34O7. The van der Waals surface area contributed by atoms with E-state index in [2.05, 4.69) is 26.8 Å². The first-order chi connectivity index (χ1) is 15.7. The number of epoxide rings is 2. The predicted octanol–water partition coefficient (Wildman–Crippen LogP) is 3.92. The summed E-state index contributed by atoms with van der Waals surface area (Å²) in [5.41, 5.74) is 0.642. The Hall–Kier alpha value is -2.48. The van der Waals surface area contributed by atoms with E-state index < -0.39 is 11.9 Å². The lowest BCUT2D eigenvalue weighted by atomic mass is 9.68. The Morgan fingerprint density at radius 1 is 1.09 bits per heavy atom. The van der Waals surface area contributed by atoms with Gasteiger partial charge in [-0.05, 0) is 40.0 Å². The van der Waals surface area contributed by atoms with Crippen LogP contribution in [0.25, 0.3) is 0 Å². The van der Waals surface area contributed by atoms with Gasteiger partial charge < -0.3 is 24.1 Å². The number of esters is 1. The molecule has 3 fully saturated rings. The molecule has 2 heterocycles. The fourth-order valence-corrected chi connectivity index (χ4v) is 4.79. The van der Waals surface area contributed by atoms with Gasteiger partial charge in [-0.2, -0.15) is 0 Å². The van der Waals surface area contributed by atoms with Gasteiger partial charge in [0.25, 0.3) is 0 Å². The summed E-state index contributed by atoms with van der Waals surface area (Å²) in [5, 5.41) is 8.51. The van der Waals surface area contributed by atoms with Gasteiger partial charge in [0.05, 0.1) is 18.6 Å². The summed E-state index contributed by atoms with van der Waals surface area (Å²) in [5.74, 6) is -1.45. The van der Waals surface area contributed by atoms with E-state index >= 15 is 0 Å². The Balaban J connectivity index is 1.59. The highest BCUT2D eigenvalue weighted by molar-refractivity contribution is 5.82. The minimum atomic E-state index is -1.00. The summed E-state index contributed by atoms with van der Waals surface area (Å²) in [7, 11) is 1.65. The maximum Gasteiger partial charge on any atom is 0.331 e. The van der Waals surface area contributed by atoms with Crippen LogP contribution in [-0.2, 0) is 28.5 Å². The molecule has 1 spiro atoms. The Morgan fingerprint density at radius 3 is 2.30 bits per heavy atom. The molecule has 3 rings (SSSR count). The summed E-state index contributed by atoms with van der Waals surface area (Å²) in [6.07, 6.45) is 16.0. The van der Waals surface area contributed by atoms with Crippen LogP contribution < -0.4 is 0 Å². The van der Waals surface area contributed by atoms with Crippen molar-refractivity contribution in [1.29, 1.82) is 0 Å². The zero-order valence-electron chi connectivity index (χ0n) is 19.7. The molecule has 0 radical (unpaired) electrons. The Morgan fingerprint density at radius 2 is 1.73 bits per heavy atom. The molecule has 0 aromatic carbocycles. The third kappa shape index (κ3) is 6.31. The second-order valence-corrected chi connectivity index (χ2v) is 9.18. The lowest BCUT2D eigenvalue weighted by Gasteiger charge is -2.42. The smallest absolute Gasteiger partial charge is 0.331 e. The van der Waals surface area contributed by atoms with E-state index in [1.165, 1.54) is 17.7 Å². The Bertz CT molecular complexity index is 873. The van der Waals surface area contributed by atoms with Crippen molar-refractivity contribution in [3.05, 3.63) is 60.3 Å². The van der Waals surface area contributed by atoms with Crippen LogP contribution in [-0.4, -0.2) is 60.3 Å². The second-order valence-electron chi connectivity index (χ2n) is 9.18. The molecule has 0 bridgehead atoms. The number of allylic oxidation sites excluding steroid dienone is 7. The molecule has 0 aromatic heterocycles. The standard InChI is InChI=1S/C26H34O7/c1-18(2)13-14-20-25(3,33-20)24-23(30-4)19(15-16-26(24)17-31-26)32-22(29)12-10-8-6-5-7-9-11-21(27)28/h5-13,19-20,23-24H,14-17H2,1-4H3,(H,27,28)/b7-5+,8-6+,11-9+,12-10+/t19-,20+,23-,24+,25+,26-/m0/s1. The van der Waals surface area contributed by atoms with E-state index in [0.29, 0.717) is 13.0 Å². The normalized spacial score (nSPS) is 35.6. The first-order valence-corrected chi connectivity index (χ1v) is 11.3. The number of methoxy groups -OCH3 is 1. The van der Waals surface area contributed by atoms with Gasteiger partial charge in [-0.3, -0.25) is 0 Å². The van der Waals surface area contributed by atoms with Gasteiger partial charge in [0, 0.05) is 19.3 Å². The van der Waals surface area contributed by atoms with Crippen LogP contribution in [0, 0.1) is 5.92 Å². The van der Waals surface area contributed by atoms with Crippen LogP contribution in [0.3, 0.4) is 0 Å². The van der Waals surface area contributed by atoms with E-state index in [9.17, 15) is 9.59 Å². The van der Waals surface area contributed by atoms with Crippen LogP contribution in [0.2, 0.25) is 0 Å². The number of carbonyl (C=O) groups excluding carboxylic acids is 1. The number of aliphatic carboxylic acids is 1. The largest absolute Gasteiger partial charge is 0.478 e. The molecule has 0 aromatic rings. The van der Waals surface area contributed by atoms with Crippen molar-refractivity contribution >= 4 is 11.9 Å². The van der Waals surface area contributed by atoms with Crippen LogP contribution >= 0.6 is 0 Å². The molecule has 6 atom stereocenters. The number of carboxylic acids is 1. The fourth-order valence-electron chi connectivity index (χ4n) is 4.79. The predicted molar refractivity (Wildman–Crippen MR) is 124 cm³/mol. The molecule has 7 nitrogen and oxygen atoms in total. The van der Waals surface area contributed by atoms with E-state index in [0.717, 1.165) is 18.9 Å². The zero-order chi connectivity index (χ0) is 24.1. The number of carboxylic acid groups (broad SMARTS) is 1. The molecule has 0 amide bonds. The molecule has 7 heteroatoms. The van der Waals surface area contributed by atoms with Crippen molar-refractivity contribution in [2.75, 3.05) is 13.7 Å². The molecule has 1 saturated carbocycles. The van der Waals surface area contributed by atoms with E-state index in [4.69, 9.17) is 24.1 Å². The third-order valence-corrected chi connectivity index (χ3v) is 6.53. The SMILES string of the molecule is CO[C@H]1[C@@H](OC(=O)/C=C/C=C/C=C/C=C/C(=O)O)CC[C@]2(CO2)[C@H]1[C@]1(C)O[C@@H]1CC=C(C)C. The minimum Gasteiger partial charge on any atom is -0.478 e. The van der Waals surface area contributed by atoms with Crippen molar-refractivity contribution in [2.24, 2.45) is 5.92 Å². The maximum atomic E-state index is 12.4. The highest BCUT2D eigenvalue weighted by Gasteiger charge is 2.72. The number of rotatable bonds is 10. The quantitative estimate of drug-likeness (QED) is 0.174. The minimum absolute atomic E-state index is 0.00928. The number of ether oxygens (including phenoxy) is 4. The van der Waals surface area contributed by atoms with Gasteiger partial charge in [-0.1, -0.05) is 48.1 Å². The maximum absolute atomic E-state index is 12.4. The summed E-state index contributed by atoms with van der Waals surface area (Å²) in [6, 6.07) is 0. The van der Waals surface area contributed by atoms with Crippen LogP contribution in [0.4, 0.5) is 0 Å². The van der Waals surface area contributed by atoms with Crippen molar-refractivity contribution in [3.8, 4) is 0 Å². The Kier molecular flexibility index (Phi) is 8.10. The van der Waals surface area contributed by atoms with Crippen molar-refractivity contribution < 1.29 is 33.6 Å². The molecule has 1 aliphatic carbocycles. The van der Waals surface area contributed by atoms with Gasteiger partial charge in [0.2, 0.25) is 0 Å². The highest BCUT2D eigenvalue weighted by Crippen LogP contribution is 2.59. The summed E-state index contributed by atoms with van der Waals surface area (Å²) in [6.45, 7) is 6.96. The number of hydrogen-bond acceptors (Lipinski definition) is 6. The van der Waals surface area contributed by atoms with Gasteiger partial charge >= 0.3 is 11.9 Å².